The van der Waals surface area contributed by atoms with Gasteiger partial charge >= 0.3 is 0 Å². The summed E-state index contributed by atoms with van der Waals surface area (Å²) in [6.45, 7) is 6.19. The lowest BCUT2D eigenvalue weighted by Crippen LogP contribution is -2.57. The average Bonchev–Trinajstić information content (AvgIpc) is 3.39. The fraction of sp³-hybridized carbons (Fsp3) is 0.606. The van der Waals surface area contributed by atoms with Crippen LogP contribution in [0.4, 0.5) is 17.1 Å². The van der Waals surface area contributed by atoms with Gasteiger partial charge in [0.15, 0.2) is 0 Å². The van der Waals surface area contributed by atoms with E-state index in [-0.39, 0.29) is 23.5 Å². The first-order valence-corrected chi connectivity index (χ1v) is 17.8. The molecule has 10 heteroatoms. The van der Waals surface area contributed by atoms with E-state index >= 15 is 0 Å². The number of benzene rings is 2. The molecule has 234 valence electrons. The number of fused-ring (bicyclic) bond motifs is 2. The quantitative estimate of drug-likeness (QED) is 0.477. The number of hydrogen-bond acceptors (Lipinski definition) is 7. The maximum absolute atomic E-state index is 12.8. The van der Waals surface area contributed by atoms with E-state index in [9.17, 15) is 18.3 Å². The van der Waals surface area contributed by atoms with Crippen molar-refractivity contribution in [2.24, 2.45) is 5.41 Å². The molecule has 6 rings (SSSR count). The number of nitrogens with one attached hydrogen (secondary N) is 1. The highest BCUT2D eigenvalue weighted by molar-refractivity contribution is 7.92. The van der Waals surface area contributed by atoms with E-state index in [1.807, 2.05) is 42.2 Å². The summed E-state index contributed by atoms with van der Waals surface area (Å²) in [6.07, 6.45) is 10.2. The second kappa shape index (κ2) is 12.0. The van der Waals surface area contributed by atoms with Gasteiger partial charge in [0, 0.05) is 26.6 Å². The molecule has 1 saturated carbocycles. The van der Waals surface area contributed by atoms with Crippen molar-refractivity contribution in [2.45, 2.75) is 90.2 Å². The second-order valence-electron chi connectivity index (χ2n) is 13.1. The van der Waals surface area contributed by atoms with Gasteiger partial charge in [-0.3, -0.25) is 9.10 Å². The molecule has 2 unspecified atom stereocenters. The van der Waals surface area contributed by atoms with E-state index < -0.39 is 16.4 Å². The van der Waals surface area contributed by atoms with Crippen molar-refractivity contribution >= 4 is 33.0 Å². The molecule has 3 atom stereocenters. The van der Waals surface area contributed by atoms with Gasteiger partial charge in [0.05, 0.1) is 35.5 Å². The molecule has 0 aromatic heterocycles. The summed E-state index contributed by atoms with van der Waals surface area (Å²) in [5.74, 6) is -0.0418. The Hall–Kier alpha value is -2.66. The number of rotatable bonds is 5. The molecule has 0 radical (unpaired) electrons. The van der Waals surface area contributed by atoms with Crippen molar-refractivity contribution in [1.29, 1.82) is 0 Å². The molecule has 1 spiro atoms. The van der Waals surface area contributed by atoms with E-state index in [0.717, 1.165) is 66.1 Å². The van der Waals surface area contributed by atoms with Crippen molar-refractivity contribution in [2.75, 3.05) is 46.5 Å². The zero-order chi connectivity index (χ0) is 30.4. The topological polar surface area (TPSA) is 102 Å². The molecule has 4 aliphatic rings. The summed E-state index contributed by atoms with van der Waals surface area (Å²) in [4.78, 5) is 16.5. The van der Waals surface area contributed by atoms with Gasteiger partial charge in [-0.2, -0.15) is 0 Å². The molecule has 1 aliphatic carbocycles. The third-order valence-electron chi connectivity index (χ3n) is 10.2. The lowest BCUT2D eigenvalue weighted by Gasteiger charge is -2.48. The van der Waals surface area contributed by atoms with Gasteiger partial charge < -0.3 is 25.0 Å². The molecule has 2 aromatic carbocycles. The van der Waals surface area contributed by atoms with Gasteiger partial charge in [-0.1, -0.05) is 44.2 Å². The molecule has 2 fully saturated rings. The number of nitrogens with zero attached hydrogens (tertiary/aromatic N) is 3. The Bertz CT molecular complexity index is 1460. The number of sulfonamides is 1. The number of hydrogen-bond donors (Lipinski definition) is 2. The van der Waals surface area contributed by atoms with E-state index in [1.54, 1.807) is 11.8 Å². The highest BCUT2D eigenvalue weighted by atomic mass is 32.2. The molecular weight excluding hydrogens is 564 g/mol. The molecule has 1 amide bonds. The standard InChI is InChI=1S/C33H46N4O5S/c1-23-22-35(32(39)42-31-21-34-17-16-33(31)14-7-5-4-6-8-15-33)30-20-26(10-12-29(30)37(23)24(2)38)25-9-11-28-27(19-25)13-18-36(28)43(3,40)41/h9-12,19-20,23,31-32,34,39H,4-8,13-18,21-22H2,1-3H3/t23-,31?,32?/m0/s1. The third kappa shape index (κ3) is 5.91. The normalized spacial score (nSPS) is 24.7. The predicted molar refractivity (Wildman–Crippen MR) is 171 cm³/mol. The zero-order valence-electron chi connectivity index (χ0n) is 25.7. The van der Waals surface area contributed by atoms with Gasteiger partial charge in [-0.25, -0.2) is 8.42 Å². The number of anilines is 3. The lowest BCUT2D eigenvalue weighted by molar-refractivity contribution is -0.182. The number of amides is 1. The Morgan fingerprint density at radius 1 is 1.00 bits per heavy atom. The minimum Gasteiger partial charge on any atom is -0.351 e. The molecule has 1 saturated heterocycles. The second-order valence-corrected chi connectivity index (χ2v) is 15.0. The lowest BCUT2D eigenvalue weighted by atomic mass is 9.68. The largest absolute Gasteiger partial charge is 0.351 e. The first kappa shape index (κ1) is 30.4. The van der Waals surface area contributed by atoms with Gasteiger partial charge in [-0.05, 0) is 85.5 Å². The first-order valence-electron chi connectivity index (χ1n) is 15.9. The Labute approximate surface area is 256 Å². The SMILES string of the molecule is CC(=O)N1c2ccc(-c3ccc4c(c3)CCN4S(C)(=O)=O)cc2N(C(O)OC2CNCCC23CCCCCCC3)C[C@@H]1C. The van der Waals surface area contributed by atoms with Crippen LogP contribution in [0.3, 0.4) is 0 Å². The number of aliphatic hydroxyl groups is 1. The van der Waals surface area contributed by atoms with Crippen LogP contribution in [0.5, 0.6) is 0 Å². The number of carbonyl (C=O) groups excluding carboxylic acids is 1. The van der Waals surface area contributed by atoms with Crippen molar-refractivity contribution in [3.05, 3.63) is 42.0 Å². The first-order chi connectivity index (χ1) is 20.6. The fourth-order valence-electron chi connectivity index (χ4n) is 7.97. The van der Waals surface area contributed by atoms with Crippen LogP contribution >= 0.6 is 0 Å². The van der Waals surface area contributed by atoms with Crippen molar-refractivity contribution in [1.82, 2.24) is 5.32 Å². The maximum Gasteiger partial charge on any atom is 0.238 e. The minimum absolute atomic E-state index is 0.0418. The monoisotopic (exact) mass is 610 g/mol. The number of piperidine rings is 1. The zero-order valence-corrected chi connectivity index (χ0v) is 26.5. The van der Waals surface area contributed by atoms with Crippen molar-refractivity contribution in [3.8, 4) is 11.1 Å². The molecule has 2 aromatic rings. The van der Waals surface area contributed by atoms with Gasteiger partial charge in [-0.15, -0.1) is 0 Å². The summed E-state index contributed by atoms with van der Waals surface area (Å²) >= 11 is 0. The van der Waals surface area contributed by atoms with Crippen LogP contribution in [0, 0.1) is 5.41 Å². The van der Waals surface area contributed by atoms with Crippen LogP contribution in [0.2, 0.25) is 0 Å². The van der Waals surface area contributed by atoms with Crippen molar-refractivity contribution < 1.29 is 23.1 Å². The number of ether oxygens (including phenoxy) is 1. The highest BCUT2D eigenvalue weighted by Gasteiger charge is 2.44. The van der Waals surface area contributed by atoms with E-state index in [1.165, 1.54) is 42.7 Å². The Balaban J connectivity index is 1.32. The van der Waals surface area contributed by atoms with Crippen LogP contribution in [0.15, 0.2) is 36.4 Å². The molecule has 9 nitrogen and oxygen atoms in total. The van der Waals surface area contributed by atoms with Gasteiger partial charge in [0.25, 0.3) is 0 Å². The summed E-state index contributed by atoms with van der Waals surface area (Å²) in [6, 6.07) is 11.7. The van der Waals surface area contributed by atoms with E-state index in [2.05, 4.69) is 11.4 Å². The molecular formula is C33H46N4O5S. The van der Waals surface area contributed by atoms with Crippen LogP contribution in [0.1, 0.15) is 70.8 Å². The number of aliphatic hydroxyl groups excluding tert-OH is 1. The van der Waals surface area contributed by atoms with Crippen molar-refractivity contribution in [3.63, 3.8) is 0 Å². The maximum atomic E-state index is 12.8. The molecule has 0 bridgehead atoms. The smallest absolute Gasteiger partial charge is 0.238 e. The minimum atomic E-state index is -3.33. The van der Waals surface area contributed by atoms with Gasteiger partial charge in [0.1, 0.15) is 0 Å². The summed E-state index contributed by atoms with van der Waals surface area (Å²) < 4.78 is 32.6. The number of carbonyl (C=O) groups is 1. The average molecular weight is 611 g/mol. The molecule has 3 heterocycles. The van der Waals surface area contributed by atoms with E-state index in [0.29, 0.717) is 19.5 Å². The Kier molecular flexibility index (Phi) is 8.49. The highest BCUT2D eigenvalue weighted by Crippen LogP contribution is 2.45. The molecule has 2 N–H and O–H groups in total. The molecule has 3 aliphatic heterocycles. The predicted octanol–water partition coefficient (Wildman–Crippen LogP) is 4.62. The van der Waals surface area contributed by atoms with E-state index in [4.69, 9.17) is 4.74 Å². The summed E-state index contributed by atoms with van der Waals surface area (Å²) in [5, 5.41) is 15.3. The van der Waals surface area contributed by atoms with Crippen LogP contribution in [-0.2, 0) is 26.0 Å². The molecule has 43 heavy (non-hydrogen) atoms. The van der Waals surface area contributed by atoms with Crippen LogP contribution in [-0.4, -0.2) is 70.4 Å². The van der Waals surface area contributed by atoms with Crippen LogP contribution < -0.4 is 19.4 Å². The Morgan fingerprint density at radius 3 is 2.37 bits per heavy atom. The third-order valence-corrected chi connectivity index (χ3v) is 11.3. The Morgan fingerprint density at radius 2 is 1.67 bits per heavy atom. The summed E-state index contributed by atoms with van der Waals surface area (Å²) in [5.41, 5.74) is 5.21. The summed E-state index contributed by atoms with van der Waals surface area (Å²) in [7, 11) is -3.33. The fourth-order valence-corrected chi connectivity index (χ4v) is 8.92. The van der Waals surface area contributed by atoms with Crippen LogP contribution in [0.25, 0.3) is 11.1 Å². The van der Waals surface area contributed by atoms with Gasteiger partial charge in [0.2, 0.25) is 22.3 Å².